The van der Waals surface area contributed by atoms with Gasteiger partial charge in [-0.05, 0) is 48.6 Å². The van der Waals surface area contributed by atoms with Crippen LogP contribution in [0.25, 0.3) is 0 Å². The molecule has 0 spiro atoms. The standard InChI is InChI=1S/C21H26N2O2/c1-15(2)16-8-10-17(11-9-16)20(14-18-6-3-4-12-22-18)23-13-5-7-19(23)21(24)25/h3-4,6,8-12,15,19-20H,5,7,13-14H2,1-2H3,(H,24,25). The Bertz CT molecular complexity index is 698. The van der Waals surface area contributed by atoms with E-state index in [0.29, 0.717) is 5.92 Å². The smallest absolute Gasteiger partial charge is 0.320 e. The van der Waals surface area contributed by atoms with Crippen molar-refractivity contribution < 1.29 is 9.90 Å². The van der Waals surface area contributed by atoms with E-state index in [-0.39, 0.29) is 6.04 Å². The van der Waals surface area contributed by atoms with Crippen molar-refractivity contribution in [2.75, 3.05) is 6.54 Å². The van der Waals surface area contributed by atoms with Gasteiger partial charge in [-0.15, -0.1) is 0 Å². The third-order valence-electron chi connectivity index (χ3n) is 5.10. The molecule has 4 heteroatoms. The quantitative estimate of drug-likeness (QED) is 0.864. The van der Waals surface area contributed by atoms with Crippen molar-refractivity contribution in [1.29, 1.82) is 0 Å². The molecule has 1 aromatic carbocycles. The highest BCUT2D eigenvalue weighted by Gasteiger charge is 2.36. The van der Waals surface area contributed by atoms with E-state index in [4.69, 9.17) is 0 Å². The number of aromatic nitrogens is 1. The summed E-state index contributed by atoms with van der Waals surface area (Å²) in [5.74, 6) is -0.232. The minimum atomic E-state index is -0.720. The highest BCUT2D eigenvalue weighted by molar-refractivity contribution is 5.74. The summed E-state index contributed by atoms with van der Waals surface area (Å²) in [5.41, 5.74) is 3.47. The third-order valence-corrected chi connectivity index (χ3v) is 5.10. The topological polar surface area (TPSA) is 53.4 Å². The summed E-state index contributed by atoms with van der Waals surface area (Å²) in [5, 5.41) is 9.61. The first-order valence-corrected chi connectivity index (χ1v) is 9.04. The molecule has 25 heavy (non-hydrogen) atoms. The Labute approximate surface area is 149 Å². The maximum Gasteiger partial charge on any atom is 0.320 e. The fourth-order valence-electron chi connectivity index (χ4n) is 3.67. The second-order valence-electron chi connectivity index (χ2n) is 7.10. The van der Waals surface area contributed by atoms with Crippen LogP contribution in [0.3, 0.4) is 0 Å². The number of aliphatic carboxylic acids is 1. The van der Waals surface area contributed by atoms with Gasteiger partial charge >= 0.3 is 5.97 Å². The highest BCUT2D eigenvalue weighted by Crippen LogP contribution is 2.32. The Balaban J connectivity index is 1.92. The molecule has 3 rings (SSSR count). The molecular weight excluding hydrogens is 312 g/mol. The molecule has 1 N–H and O–H groups in total. The number of benzene rings is 1. The number of carboxylic acid groups (broad SMARTS) is 1. The maximum atomic E-state index is 11.7. The largest absolute Gasteiger partial charge is 0.480 e. The highest BCUT2D eigenvalue weighted by atomic mass is 16.4. The lowest BCUT2D eigenvalue weighted by molar-refractivity contribution is -0.143. The summed E-state index contributed by atoms with van der Waals surface area (Å²) in [6, 6.07) is 14.2. The molecule has 2 heterocycles. The molecular formula is C21H26N2O2. The lowest BCUT2D eigenvalue weighted by atomic mass is 9.95. The molecule has 1 aliphatic heterocycles. The zero-order valence-corrected chi connectivity index (χ0v) is 14.9. The van der Waals surface area contributed by atoms with Crippen LogP contribution >= 0.6 is 0 Å². The van der Waals surface area contributed by atoms with Crippen molar-refractivity contribution in [3.8, 4) is 0 Å². The molecule has 0 radical (unpaired) electrons. The molecule has 0 aliphatic carbocycles. The minimum absolute atomic E-state index is 0.0414. The molecule has 2 atom stereocenters. The van der Waals surface area contributed by atoms with Crippen molar-refractivity contribution >= 4 is 5.97 Å². The number of hydrogen-bond acceptors (Lipinski definition) is 3. The summed E-state index contributed by atoms with van der Waals surface area (Å²) in [7, 11) is 0. The van der Waals surface area contributed by atoms with Crippen molar-refractivity contribution in [1.82, 2.24) is 9.88 Å². The van der Waals surface area contributed by atoms with Crippen LogP contribution < -0.4 is 0 Å². The summed E-state index contributed by atoms with van der Waals surface area (Å²) in [4.78, 5) is 18.3. The number of nitrogens with zero attached hydrogens (tertiary/aromatic N) is 2. The van der Waals surface area contributed by atoms with Gasteiger partial charge in [0.05, 0.1) is 0 Å². The molecule has 1 saturated heterocycles. The molecule has 2 unspecified atom stereocenters. The molecule has 132 valence electrons. The fourth-order valence-corrected chi connectivity index (χ4v) is 3.67. The van der Waals surface area contributed by atoms with Crippen LogP contribution in [0.4, 0.5) is 0 Å². The summed E-state index contributed by atoms with van der Waals surface area (Å²) in [6.45, 7) is 5.18. The molecule has 1 aliphatic rings. The van der Waals surface area contributed by atoms with Gasteiger partial charge in [-0.3, -0.25) is 14.7 Å². The molecule has 4 nitrogen and oxygen atoms in total. The average Bonchev–Trinajstić information content (AvgIpc) is 3.10. The van der Waals surface area contributed by atoms with Gasteiger partial charge in [0.15, 0.2) is 0 Å². The lowest BCUT2D eigenvalue weighted by Gasteiger charge is -2.31. The van der Waals surface area contributed by atoms with E-state index in [1.165, 1.54) is 11.1 Å². The number of carbonyl (C=O) groups is 1. The third kappa shape index (κ3) is 4.07. The zero-order chi connectivity index (χ0) is 17.8. The maximum absolute atomic E-state index is 11.7. The number of pyridine rings is 1. The molecule has 0 saturated carbocycles. The van der Waals surface area contributed by atoms with Gasteiger partial charge in [-0.1, -0.05) is 44.2 Å². The number of rotatable bonds is 6. The average molecular weight is 338 g/mol. The van der Waals surface area contributed by atoms with E-state index in [1.54, 1.807) is 6.20 Å². The van der Waals surface area contributed by atoms with Gasteiger partial charge in [-0.2, -0.15) is 0 Å². The summed E-state index contributed by atoms with van der Waals surface area (Å²) >= 11 is 0. The number of hydrogen-bond donors (Lipinski definition) is 1. The van der Waals surface area contributed by atoms with Gasteiger partial charge in [-0.25, -0.2) is 0 Å². The molecule has 2 aromatic rings. The van der Waals surface area contributed by atoms with Crippen LogP contribution in [0, 0.1) is 0 Å². The first-order chi connectivity index (χ1) is 12.1. The molecule has 1 aromatic heterocycles. The normalized spacial score (nSPS) is 19.2. The monoisotopic (exact) mass is 338 g/mol. The summed E-state index contributed by atoms with van der Waals surface area (Å²) < 4.78 is 0. The molecule has 1 fully saturated rings. The summed E-state index contributed by atoms with van der Waals surface area (Å²) in [6.07, 6.45) is 4.18. The van der Waals surface area contributed by atoms with E-state index in [1.807, 2.05) is 18.2 Å². The second kappa shape index (κ2) is 7.79. The van der Waals surface area contributed by atoms with Crippen molar-refractivity contribution in [2.24, 2.45) is 0 Å². The Kier molecular flexibility index (Phi) is 5.49. The Morgan fingerprint density at radius 2 is 1.92 bits per heavy atom. The van der Waals surface area contributed by atoms with E-state index in [2.05, 4.69) is 48.0 Å². The van der Waals surface area contributed by atoms with Crippen molar-refractivity contribution in [3.63, 3.8) is 0 Å². The van der Waals surface area contributed by atoms with Crippen LogP contribution in [0.5, 0.6) is 0 Å². The van der Waals surface area contributed by atoms with Gasteiger partial charge in [0, 0.05) is 24.4 Å². The van der Waals surface area contributed by atoms with Gasteiger partial charge in [0.25, 0.3) is 0 Å². The van der Waals surface area contributed by atoms with E-state index in [0.717, 1.165) is 31.5 Å². The second-order valence-corrected chi connectivity index (χ2v) is 7.10. The zero-order valence-electron chi connectivity index (χ0n) is 14.9. The minimum Gasteiger partial charge on any atom is -0.480 e. The predicted octanol–water partition coefficient (Wildman–Crippen LogP) is 4.04. The molecule has 0 bridgehead atoms. The van der Waals surface area contributed by atoms with Crippen LogP contribution in [0.2, 0.25) is 0 Å². The SMILES string of the molecule is CC(C)c1ccc(C(Cc2ccccn2)N2CCCC2C(=O)O)cc1. The van der Waals surface area contributed by atoms with Crippen molar-refractivity contribution in [2.45, 2.75) is 51.1 Å². The first-order valence-electron chi connectivity index (χ1n) is 9.04. The van der Waals surface area contributed by atoms with Crippen LogP contribution in [-0.4, -0.2) is 33.5 Å². The number of carboxylic acids is 1. The van der Waals surface area contributed by atoms with Gasteiger partial charge < -0.3 is 5.11 Å². The Morgan fingerprint density at radius 3 is 2.52 bits per heavy atom. The molecule has 0 amide bonds. The van der Waals surface area contributed by atoms with Crippen molar-refractivity contribution in [3.05, 3.63) is 65.5 Å². The lowest BCUT2D eigenvalue weighted by Crippen LogP contribution is -2.39. The van der Waals surface area contributed by atoms with Crippen LogP contribution in [0.1, 0.15) is 55.5 Å². The van der Waals surface area contributed by atoms with E-state index in [9.17, 15) is 9.90 Å². The Morgan fingerprint density at radius 1 is 1.20 bits per heavy atom. The van der Waals surface area contributed by atoms with Gasteiger partial charge in [0.1, 0.15) is 6.04 Å². The Hall–Kier alpha value is -2.20. The van der Waals surface area contributed by atoms with Gasteiger partial charge in [0.2, 0.25) is 0 Å². The van der Waals surface area contributed by atoms with E-state index >= 15 is 0 Å². The van der Waals surface area contributed by atoms with Crippen LogP contribution in [0.15, 0.2) is 48.7 Å². The van der Waals surface area contributed by atoms with E-state index < -0.39 is 12.0 Å². The van der Waals surface area contributed by atoms with Crippen LogP contribution in [-0.2, 0) is 11.2 Å². The first kappa shape index (κ1) is 17.6. The number of likely N-dealkylation sites (tertiary alicyclic amines) is 1. The predicted molar refractivity (Wildman–Crippen MR) is 98.6 cm³/mol. The fraction of sp³-hybridized carbons (Fsp3) is 0.429.